The van der Waals surface area contributed by atoms with Gasteiger partial charge in [-0.1, -0.05) is 12.1 Å². The number of nitrogens with zero attached hydrogens (tertiary/aromatic N) is 1. The van der Waals surface area contributed by atoms with Gasteiger partial charge in [-0.05, 0) is 29.8 Å². The highest BCUT2D eigenvalue weighted by atomic mass is 19.1. The fourth-order valence-electron chi connectivity index (χ4n) is 3.36. The first kappa shape index (κ1) is 20.4. The van der Waals surface area contributed by atoms with Gasteiger partial charge < -0.3 is 24.4 Å². The number of hydrogen-bond donors (Lipinski definition) is 1. The first-order valence-corrected chi connectivity index (χ1v) is 9.10. The fourth-order valence-corrected chi connectivity index (χ4v) is 3.36. The fraction of sp³-hybridized carbons (Fsp3) is 0.333. The molecule has 154 valence electrons. The zero-order chi connectivity index (χ0) is 21.0. The van der Waals surface area contributed by atoms with Crippen LogP contribution in [0.2, 0.25) is 0 Å². The maximum absolute atomic E-state index is 14.0. The van der Waals surface area contributed by atoms with Crippen molar-refractivity contribution in [2.75, 3.05) is 32.8 Å². The van der Waals surface area contributed by atoms with E-state index in [1.165, 1.54) is 38.4 Å². The van der Waals surface area contributed by atoms with Crippen molar-refractivity contribution >= 4 is 17.5 Å². The van der Waals surface area contributed by atoms with E-state index in [0.717, 1.165) is 5.56 Å². The van der Waals surface area contributed by atoms with Crippen LogP contribution < -0.4 is 24.4 Å². The van der Waals surface area contributed by atoms with E-state index < -0.39 is 11.7 Å². The lowest BCUT2D eigenvalue weighted by molar-refractivity contribution is -0.126. The molecule has 1 saturated heterocycles. The van der Waals surface area contributed by atoms with Crippen LogP contribution in [-0.2, 0) is 16.1 Å². The summed E-state index contributed by atoms with van der Waals surface area (Å²) in [4.78, 5) is 26.2. The van der Waals surface area contributed by atoms with Gasteiger partial charge in [-0.15, -0.1) is 0 Å². The van der Waals surface area contributed by atoms with Crippen LogP contribution in [0.4, 0.5) is 10.1 Å². The third-order valence-electron chi connectivity index (χ3n) is 4.83. The molecule has 0 radical (unpaired) electrons. The largest absolute Gasteiger partial charge is 0.493 e. The number of ether oxygens (including phenoxy) is 3. The van der Waals surface area contributed by atoms with E-state index in [0.29, 0.717) is 17.2 Å². The van der Waals surface area contributed by atoms with Gasteiger partial charge in [0.15, 0.2) is 11.5 Å². The monoisotopic (exact) mass is 402 g/mol. The van der Waals surface area contributed by atoms with E-state index in [4.69, 9.17) is 14.2 Å². The zero-order valence-corrected chi connectivity index (χ0v) is 16.5. The summed E-state index contributed by atoms with van der Waals surface area (Å²) < 4.78 is 29.9. The average Bonchev–Trinajstić information content (AvgIpc) is 3.12. The van der Waals surface area contributed by atoms with Gasteiger partial charge >= 0.3 is 0 Å². The van der Waals surface area contributed by atoms with Crippen LogP contribution in [0.3, 0.4) is 0 Å². The smallest absolute Gasteiger partial charge is 0.227 e. The van der Waals surface area contributed by atoms with Gasteiger partial charge in [-0.3, -0.25) is 9.59 Å². The molecule has 0 spiro atoms. The first-order valence-electron chi connectivity index (χ1n) is 9.10. The number of nitrogens with one attached hydrogen (secondary N) is 1. The molecule has 1 aliphatic rings. The highest BCUT2D eigenvalue weighted by Gasteiger charge is 2.36. The minimum atomic E-state index is -0.552. The zero-order valence-electron chi connectivity index (χ0n) is 16.5. The molecule has 2 amide bonds. The van der Waals surface area contributed by atoms with E-state index in [1.807, 2.05) is 0 Å². The van der Waals surface area contributed by atoms with Gasteiger partial charge in [0, 0.05) is 19.5 Å². The van der Waals surface area contributed by atoms with Crippen molar-refractivity contribution in [3.05, 3.63) is 47.8 Å². The van der Waals surface area contributed by atoms with Crippen LogP contribution in [0.5, 0.6) is 17.2 Å². The minimum absolute atomic E-state index is 0.0371. The van der Waals surface area contributed by atoms with Crippen molar-refractivity contribution in [3.63, 3.8) is 0 Å². The molecule has 7 nitrogen and oxygen atoms in total. The van der Waals surface area contributed by atoms with Gasteiger partial charge in [0.2, 0.25) is 17.6 Å². The van der Waals surface area contributed by atoms with Crippen molar-refractivity contribution in [2.24, 2.45) is 5.92 Å². The Bertz CT molecular complexity index is 893. The molecule has 1 atom stereocenters. The van der Waals surface area contributed by atoms with Gasteiger partial charge in [-0.2, -0.15) is 0 Å². The maximum atomic E-state index is 14.0. The van der Waals surface area contributed by atoms with Crippen molar-refractivity contribution in [1.29, 1.82) is 0 Å². The van der Waals surface area contributed by atoms with Gasteiger partial charge in [0.25, 0.3) is 0 Å². The summed E-state index contributed by atoms with van der Waals surface area (Å²) in [6.07, 6.45) is 0.0371. The number of hydrogen-bond acceptors (Lipinski definition) is 5. The molecular formula is C21H23FN2O5. The van der Waals surface area contributed by atoms with E-state index in [-0.39, 0.29) is 37.0 Å². The lowest BCUT2D eigenvalue weighted by Gasteiger charge is -2.17. The Morgan fingerprint density at radius 3 is 2.38 bits per heavy atom. The first-order chi connectivity index (χ1) is 14.0. The number of carbonyl (C=O) groups excluding carboxylic acids is 2. The molecule has 1 unspecified atom stereocenters. The predicted octanol–water partition coefficient (Wildman–Crippen LogP) is 2.52. The summed E-state index contributed by atoms with van der Waals surface area (Å²) in [5.74, 6) is -0.153. The van der Waals surface area contributed by atoms with Crippen molar-refractivity contribution in [1.82, 2.24) is 5.32 Å². The summed E-state index contributed by atoms with van der Waals surface area (Å²) in [6.45, 7) is 0.362. The molecule has 1 aliphatic heterocycles. The molecule has 0 saturated carbocycles. The Labute approximate surface area is 168 Å². The summed E-state index contributed by atoms with van der Waals surface area (Å²) in [6, 6.07) is 9.52. The van der Waals surface area contributed by atoms with E-state index >= 15 is 0 Å². The van der Waals surface area contributed by atoms with Crippen LogP contribution in [0.1, 0.15) is 12.0 Å². The molecule has 3 rings (SSSR count). The summed E-state index contributed by atoms with van der Waals surface area (Å²) in [5.41, 5.74) is 0.945. The quantitative estimate of drug-likeness (QED) is 0.770. The molecule has 1 N–H and O–H groups in total. The molecule has 8 heteroatoms. The lowest BCUT2D eigenvalue weighted by atomic mass is 10.1. The Hall–Kier alpha value is -3.29. The standard InChI is InChI=1S/C21H23FN2O5/c1-27-17-8-13(9-18(28-2)20(17)29-3)11-23-21(26)14-10-19(25)24(12-14)16-7-5-4-6-15(16)22/h4-9,14H,10-12H2,1-3H3,(H,23,26). The highest BCUT2D eigenvalue weighted by molar-refractivity contribution is 6.00. The molecule has 1 fully saturated rings. The number of anilines is 1. The third-order valence-corrected chi connectivity index (χ3v) is 4.83. The Kier molecular flexibility index (Phi) is 6.21. The number of amides is 2. The summed E-state index contributed by atoms with van der Waals surface area (Å²) >= 11 is 0. The van der Waals surface area contributed by atoms with Crippen LogP contribution in [0.15, 0.2) is 36.4 Å². The highest BCUT2D eigenvalue weighted by Crippen LogP contribution is 2.38. The molecule has 0 aliphatic carbocycles. The second kappa shape index (κ2) is 8.81. The molecule has 2 aromatic rings. The molecular weight excluding hydrogens is 379 g/mol. The predicted molar refractivity (Wildman–Crippen MR) is 105 cm³/mol. The maximum Gasteiger partial charge on any atom is 0.227 e. The van der Waals surface area contributed by atoms with Gasteiger partial charge in [0.1, 0.15) is 5.82 Å². The number of carbonyl (C=O) groups is 2. The number of halogens is 1. The Balaban J connectivity index is 1.67. The number of methoxy groups -OCH3 is 3. The van der Waals surface area contributed by atoms with Crippen LogP contribution in [0.25, 0.3) is 0 Å². The molecule has 29 heavy (non-hydrogen) atoms. The summed E-state index contributed by atoms with van der Waals surface area (Å²) in [7, 11) is 4.54. The van der Waals surface area contributed by atoms with E-state index in [9.17, 15) is 14.0 Å². The molecule has 2 aromatic carbocycles. The second-order valence-corrected chi connectivity index (χ2v) is 6.61. The molecule has 1 heterocycles. The average molecular weight is 402 g/mol. The van der Waals surface area contributed by atoms with Crippen molar-refractivity contribution < 1.29 is 28.2 Å². The Morgan fingerprint density at radius 2 is 1.79 bits per heavy atom. The molecule has 0 bridgehead atoms. The Morgan fingerprint density at radius 1 is 1.14 bits per heavy atom. The third kappa shape index (κ3) is 4.26. The van der Waals surface area contributed by atoms with Crippen LogP contribution >= 0.6 is 0 Å². The second-order valence-electron chi connectivity index (χ2n) is 6.61. The van der Waals surface area contributed by atoms with Gasteiger partial charge in [-0.25, -0.2) is 4.39 Å². The van der Waals surface area contributed by atoms with Crippen molar-refractivity contribution in [3.8, 4) is 17.2 Å². The summed E-state index contributed by atoms with van der Waals surface area (Å²) in [5, 5.41) is 2.82. The number of rotatable bonds is 7. The van der Waals surface area contributed by atoms with E-state index in [2.05, 4.69) is 5.32 Å². The SMILES string of the molecule is COc1cc(CNC(=O)C2CC(=O)N(c3ccccc3F)C2)cc(OC)c1OC. The number of para-hydroxylation sites is 1. The van der Waals surface area contributed by atoms with Gasteiger partial charge in [0.05, 0.1) is 32.9 Å². The van der Waals surface area contributed by atoms with E-state index in [1.54, 1.807) is 24.3 Å². The van der Waals surface area contributed by atoms with Crippen LogP contribution in [-0.4, -0.2) is 39.7 Å². The molecule has 0 aromatic heterocycles. The minimum Gasteiger partial charge on any atom is -0.493 e. The number of benzene rings is 2. The lowest BCUT2D eigenvalue weighted by Crippen LogP contribution is -2.32. The van der Waals surface area contributed by atoms with Crippen LogP contribution in [0, 0.1) is 11.7 Å². The van der Waals surface area contributed by atoms with Crippen molar-refractivity contribution in [2.45, 2.75) is 13.0 Å². The topological polar surface area (TPSA) is 77.1 Å². The normalized spacial score (nSPS) is 15.9.